The van der Waals surface area contributed by atoms with E-state index in [1.165, 1.54) is 11.3 Å². The zero-order valence-electron chi connectivity index (χ0n) is 15.0. The minimum atomic E-state index is -0.420. The maximum atomic E-state index is 12.2. The van der Waals surface area contributed by atoms with Crippen molar-refractivity contribution in [1.82, 2.24) is 0 Å². The maximum absolute atomic E-state index is 12.2. The molecule has 0 saturated heterocycles. The normalized spacial score (nSPS) is 10.4. The van der Waals surface area contributed by atoms with Gasteiger partial charge >= 0.3 is 5.97 Å². The Morgan fingerprint density at radius 1 is 1.20 bits per heavy atom. The number of hydrogen-bond acceptors (Lipinski definition) is 5. The van der Waals surface area contributed by atoms with Gasteiger partial charge in [-0.05, 0) is 50.5 Å². The number of nitrogens with one attached hydrogen (secondary N) is 1. The number of amides is 1. The molecule has 1 aromatic heterocycles. The number of anilines is 1. The van der Waals surface area contributed by atoms with Gasteiger partial charge in [-0.1, -0.05) is 19.1 Å². The minimum absolute atomic E-state index is 0.120. The number of aryl methyl sites for hydroxylation is 2. The number of carbonyl (C=O) groups is 2. The van der Waals surface area contributed by atoms with Gasteiger partial charge in [0.05, 0.1) is 12.2 Å². The van der Waals surface area contributed by atoms with E-state index in [1.807, 2.05) is 38.1 Å². The molecule has 0 saturated carbocycles. The molecule has 1 amide bonds. The number of carbonyl (C=O) groups excluding carboxylic acids is 2. The van der Waals surface area contributed by atoms with E-state index < -0.39 is 5.97 Å². The molecule has 0 spiro atoms. The largest absolute Gasteiger partial charge is 0.484 e. The van der Waals surface area contributed by atoms with Crippen molar-refractivity contribution in [3.63, 3.8) is 0 Å². The Morgan fingerprint density at radius 3 is 2.64 bits per heavy atom. The Morgan fingerprint density at radius 2 is 1.96 bits per heavy atom. The average Bonchev–Trinajstić information content (AvgIpc) is 2.87. The van der Waals surface area contributed by atoms with Crippen molar-refractivity contribution < 1.29 is 19.1 Å². The van der Waals surface area contributed by atoms with Crippen molar-refractivity contribution in [3.8, 4) is 5.75 Å². The highest BCUT2D eigenvalue weighted by Gasteiger charge is 2.22. The van der Waals surface area contributed by atoms with E-state index in [2.05, 4.69) is 12.2 Å². The lowest BCUT2D eigenvalue weighted by molar-refractivity contribution is -0.118. The number of benzene rings is 1. The second-order valence-corrected chi connectivity index (χ2v) is 6.77. The third-order valence-corrected chi connectivity index (χ3v) is 4.92. The first-order valence-electron chi connectivity index (χ1n) is 8.24. The van der Waals surface area contributed by atoms with Gasteiger partial charge in [-0.25, -0.2) is 4.79 Å². The molecule has 1 N–H and O–H groups in total. The molecule has 2 aromatic rings. The van der Waals surface area contributed by atoms with Crippen LogP contribution in [0, 0.1) is 13.8 Å². The summed E-state index contributed by atoms with van der Waals surface area (Å²) in [6, 6.07) is 7.64. The topological polar surface area (TPSA) is 64.6 Å². The van der Waals surface area contributed by atoms with Gasteiger partial charge in [-0.15, -0.1) is 11.3 Å². The van der Waals surface area contributed by atoms with Crippen molar-refractivity contribution in [3.05, 3.63) is 45.8 Å². The van der Waals surface area contributed by atoms with E-state index in [9.17, 15) is 9.59 Å². The molecule has 0 atom stereocenters. The van der Waals surface area contributed by atoms with Crippen LogP contribution in [0.3, 0.4) is 0 Å². The van der Waals surface area contributed by atoms with Crippen molar-refractivity contribution >= 4 is 28.2 Å². The number of thiophene rings is 1. The number of esters is 1. The van der Waals surface area contributed by atoms with Gasteiger partial charge in [0.25, 0.3) is 5.91 Å². The lowest BCUT2D eigenvalue weighted by Crippen LogP contribution is -2.21. The summed E-state index contributed by atoms with van der Waals surface area (Å²) < 4.78 is 10.6. The van der Waals surface area contributed by atoms with Crippen LogP contribution < -0.4 is 10.1 Å². The zero-order chi connectivity index (χ0) is 18.4. The molecule has 0 fully saturated rings. The molecule has 0 aliphatic carbocycles. The summed E-state index contributed by atoms with van der Waals surface area (Å²) >= 11 is 1.36. The predicted molar refractivity (Wildman–Crippen MR) is 99.7 cm³/mol. The molecule has 134 valence electrons. The summed E-state index contributed by atoms with van der Waals surface area (Å²) in [6.45, 7) is 7.74. The van der Waals surface area contributed by atoms with Gasteiger partial charge in [0.1, 0.15) is 10.8 Å². The molecule has 0 radical (unpaired) electrons. The second-order valence-electron chi connectivity index (χ2n) is 5.55. The van der Waals surface area contributed by atoms with Crippen LogP contribution in [0.2, 0.25) is 0 Å². The lowest BCUT2D eigenvalue weighted by atomic mass is 10.1. The third-order valence-electron chi connectivity index (χ3n) is 3.79. The zero-order valence-corrected chi connectivity index (χ0v) is 15.8. The van der Waals surface area contributed by atoms with Crippen LogP contribution in [-0.2, 0) is 16.0 Å². The van der Waals surface area contributed by atoms with Crippen molar-refractivity contribution in [2.45, 2.75) is 34.1 Å². The quantitative estimate of drug-likeness (QED) is 0.754. The van der Waals surface area contributed by atoms with Gasteiger partial charge in [-0.3, -0.25) is 4.79 Å². The maximum Gasteiger partial charge on any atom is 0.341 e. The van der Waals surface area contributed by atoms with E-state index >= 15 is 0 Å². The van der Waals surface area contributed by atoms with E-state index in [4.69, 9.17) is 9.47 Å². The summed E-state index contributed by atoms with van der Waals surface area (Å²) in [5.74, 6) is -0.0800. The summed E-state index contributed by atoms with van der Waals surface area (Å²) in [7, 11) is 0. The van der Waals surface area contributed by atoms with Crippen LogP contribution in [-0.4, -0.2) is 25.1 Å². The van der Waals surface area contributed by atoms with Crippen molar-refractivity contribution in [2.24, 2.45) is 0 Å². The van der Waals surface area contributed by atoms with Crippen LogP contribution in [0.4, 0.5) is 5.00 Å². The Bertz CT molecular complexity index is 767. The monoisotopic (exact) mass is 361 g/mol. The summed E-state index contributed by atoms with van der Waals surface area (Å²) in [5, 5.41) is 3.27. The van der Waals surface area contributed by atoms with Gasteiger partial charge in [0.2, 0.25) is 0 Å². The molecule has 25 heavy (non-hydrogen) atoms. The average molecular weight is 361 g/mol. The number of ether oxygens (including phenoxy) is 2. The molecule has 5 nitrogen and oxygen atoms in total. The second kappa shape index (κ2) is 8.67. The Kier molecular flexibility index (Phi) is 6.58. The SMILES string of the molecule is CCOC(=O)c1c(NC(=O)COc2cccc(CC)c2)sc(C)c1C. The first-order valence-corrected chi connectivity index (χ1v) is 9.06. The third kappa shape index (κ3) is 4.82. The molecule has 1 aromatic carbocycles. The van der Waals surface area contributed by atoms with Crippen LogP contribution in [0.1, 0.15) is 40.2 Å². The molecule has 2 rings (SSSR count). The van der Waals surface area contributed by atoms with Crippen LogP contribution in [0.5, 0.6) is 5.75 Å². The van der Waals surface area contributed by atoms with Gasteiger partial charge in [0, 0.05) is 4.88 Å². The minimum Gasteiger partial charge on any atom is -0.484 e. The fourth-order valence-corrected chi connectivity index (χ4v) is 3.40. The van der Waals surface area contributed by atoms with E-state index in [0.29, 0.717) is 16.3 Å². The fourth-order valence-electron chi connectivity index (χ4n) is 2.33. The summed E-state index contributed by atoms with van der Waals surface area (Å²) in [4.78, 5) is 25.3. The Balaban J connectivity index is 2.05. The van der Waals surface area contributed by atoms with Crippen LogP contribution in [0.15, 0.2) is 24.3 Å². The van der Waals surface area contributed by atoms with E-state index in [-0.39, 0.29) is 19.1 Å². The Labute approximate surface area is 152 Å². The fraction of sp³-hybridized carbons (Fsp3) is 0.368. The smallest absolute Gasteiger partial charge is 0.341 e. The van der Waals surface area contributed by atoms with Crippen LogP contribution in [0.25, 0.3) is 0 Å². The molecule has 0 aliphatic heterocycles. The van der Waals surface area contributed by atoms with E-state index in [0.717, 1.165) is 22.4 Å². The summed E-state index contributed by atoms with van der Waals surface area (Å²) in [5.41, 5.74) is 2.40. The Hall–Kier alpha value is -2.34. The molecule has 0 bridgehead atoms. The van der Waals surface area contributed by atoms with Crippen molar-refractivity contribution in [1.29, 1.82) is 0 Å². The lowest BCUT2D eigenvalue weighted by Gasteiger charge is -2.09. The van der Waals surface area contributed by atoms with Crippen molar-refractivity contribution in [2.75, 3.05) is 18.5 Å². The molecule has 1 heterocycles. The molecule has 0 aliphatic rings. The van der Waals surface area contributed by atoms with E-state index in [1.54, 1.807) is 6.92 Å². The van der Waals surface area contributed by atoms with Gasteiger partial charge < -0.3 is 14.8 Å². The first kappa shape index (κ1) is 19.0. The van der Waals surface area contributed by atoms with Crippen LogP contribution >= 0.6 is 11.3 Å². The number of hydrogen-bond donors (Lipinski definition) is 1. The molecule has 0 unspecified atom stereocenters. The highest BCUT2D eigenvalue weighted by Crippen LogP contribution is 2.33. The highest BCUT2D eigenvalue weighted by atomic mass is 32.1. The molecular weight excluding hydrogens is 338 g/mol. The van der Waals surface area contributed by atoms with Gasteiger partial charge in [0.15, 0.2) is 6.61 Å². The standard InChI is InChI=1S/C19H23NO4S/c1-5-14-8-7-9-15(10-14)24-11-16(21)20-18-17(19(22)23-6-2)12(3)13(4)25-18/h7-10H,5-6,11H2,1-4H3,(H,20,21). The number of rotatable bonds is 7. The highest BCUT2D eigenvalue weighted by molar-refractivity contribution is 7.16. The summed E-state index contributed by atoms with van der Waals surface area (Å²) in [6.07, 6.45) is 0.903. The van der Waals surface area contributed by atoms with Gasteiger partial charge in [-0.2, -0.15) is 0 Å². The molecular formula is C19H23NO4S. The first-order chi connectivity index (χ1) is 12.0. The molecule has 6 heteroatoms. The predicted octanol–water partition coefficient (Wildman–Crippen LogP) is 4.12.